The van der Waals surface area contributed by atoms with Crippen LogP contribution in [0, 0.1) is 0 Å². The largest absolute Gasteiger partial charge is 0.382 e. The van der Waals surface area contributed by atoms with Crippen molar-refractivity contribution in [1.29, 1.82) is 0 Å². The van der Waals surface area contributed by atoms with Crippen molar-refractivity contribution in [1.82, 2.24) is 15.5 Å². The van der Waals surface area contributed by atoms with E-state index in [1.165, 1.54) is 45.3 Å². The van der Waals surface area contributed by atoms with E-state index in [1.54, 1.807) is 7.11 Å². The van der Waals surface area contributed by atoms with Crippen LogP contribution in [-0.4, -0.2) is 77.1 Å². The van der Waals surface area contributed by atoms with E-state index in [-0.39, 0.29) is 0 Å². The molecule has 0 saturated carbocycles. The molecule has 148 valence electrons. The number of hydrogen-bond acceptors (Lipinski definition) is 4. The molecule has 0 aromatic carbocycles. The molecule has 1 fully saturated rings. The molecule has 25 heavy (non-hydrogen) atoms. The molecule has 1 saturated heterocycles. The van der Waals surface area contributed by atoms with Crippen LogP contribution in [0.1, 0.15) is 51.9 Å². The van der Waals surface area contributed by atoms with Gasteiger partial charge in [0.25, 0.3) is 0 Å². The molecule has 1 heterocycles. The number of nitrogens with one attached hydrogen (secondary N) is 2. The van der Waals surface area contributed by atoms with Crippen molar-refractivity contribution >= 4 is 5.96 Å². The highest BCUT2D eigenvalue weighted by Gasteiger charge is 2.07. The Kier molecular flexibility index (Phi) is 14.7. The van der Waals surface area contributed by atoms with Crippen molar-refractivity contribution in [2.24, 2.45) is 4.99 Å². The van der Waals surface area contributed by atoms with Crippen molar-refractivity contribution in [3.8, 4) is 0 Å². The van der Waals surface area contributed by atoms with Crippen LogP contribution >= 0.6 is 0 Å². The van der Waals surface area contributed by atoms with Gasteiger partial charge in [0.05, 0.1) is 13.2 Å². The summed E-state index contributed by atoms with van der Waals surface area (Å²) in [6, 6.07) is 0. The summed E-state index contributed by atoms with van der Waals surface area (Å²) in [6.07, 6.45) is 8.83. The fourth-order valence-electron chi connectivity index (χ4n) is 2.97. The number of unbranched alkanes of at least 4 members (excludes halogenated alkanes) is 1. The molecule has 0 spiro atoms. The number of methoxy groups -OCH3 is 1. The standard InChI is InChI=1S/C19H40N4O2/c1-3-20-19(21-11-6-9-16-25-18-17-24-2)22-12-10-15-23-13-7-4-5-8-14-23/h3-18H2,1-2H3,(H2,20,21,22). The zero-order chi connectivity index (χ0) is 18.0. The lowest BCUT2D eigenvalue weighted by molar-refractivity contribution is 0.0689. The van der Waals surface area contributed by atoms with Crippen LogP contribution in [0.15, 0.2) is 4.99 Å². The van der Waals surface area contributed by atoms with E-state index in [0.717, 1.165) is 51.5 Å². The van der Waals surface area contributed by atoms with Crippen molar-refractivity contribution in [2.75, 3.05) is 66.2 Å². The van der Waals surface area contributed by atoms with Gasteiger partial charge in [0.15, 0.2) is 5.96 Å². The van der Waals surface area contributed by atoms with Crippen LogP contribution in [0.25, 0.3) is 0 Å². The first-order valence-corrected chi connectivity index (χ1v) is 10.2. The first-order chi connectivity index (χ1) is 12.4. The van der Waals surface area contributed by atoms with E-state index in [9.17, 15) is 0 Å². The molecule has 0 aromatic heterocycles. The minimum Gasteiger partial charge on any atom is -0.382 e. The summed E-state index contributed by atoms with van der Waals surface area (Å²) in [6.45, 7) is 10.7. The maximum absolute atomic E-state index is 5.47. The molecule has 0 amide bonds. The Balaban J connectivity index is 2.07. The summed E-state index contributed by atoms with van der Waals surface area (Å²) < 4.78 is 10.4. The molecule has 0 unspecified atom stereocenters. The molecule has 0 aromatic rings. The van der Waals surface area contributed by atoms with E-state index in [2.05, 4.69) is 22.5 Å². The van der Waals surface area contributed by atoms with Crippen LogP contribution in [0.3, 0.4) is 0 Å². The number of hydrogen-bond donors (Lipinski definition) is 2. The Bertz CT molecular complexity index is 319. The summed E-state index contributed by atoms with van der Waals surface area (Å²) in [7, 11) is 1.70. The normalized spacial score (nSPS) is 16.6. The third-order valence-electron chi connectivity index (χ3n) is 4.38. The summed E-state index contributed by atoms with van der Waals surface area (Å²) in [4.78, 5) is 7.30. The highest BCUT2D eigenvalue weighted by Crippen LogP contribution is 2.09. The van der Waals surface area contributed by atoms with E-state index in [1.807, 2.05) is 0 Å². The minimum absolute atomic E-state index is 0.674. The Hall–Kier alpha value is -0.850. The predicted molar refractivity (Wildman–Crippen MR) is 105 cm³/mol. The molecule has 0 radical (unpaired) electrons. The highest BCUT2D eigenvalue weighted by atomic mass is 16.5. The van der Waals surface area contributed by atoms with Crippen LogP contribution in [-0.2, 0) is 9.47 Å². The van der Waals surface area contributed by atoms with E-state index in [0.29, 0.717) is 13.2 Å². The fraction of sp³-hybridized carbons (Fsp3) is 0.947. The molecule has 2 N–H and O–H groups in total. The van der Waals surface area contributed by atoms with Crippen molar-refractivity contribution in [2.45, 2.75) is 51.9 Å². The molecule has 0 aliphatic carbocycles. The van der Waals surface area contributed by atoms with E-state index < -0.39 is 0 Å². The Morgan fingerprint density at radius 1 is 0.960 bits per heavy atom. The average molecular weight is 357 g/mol. The Morgan fingerprint density at radius 3 is 2.48 bits per heavy atom. The van der Waals surface area contributed by atoms with Crippen LogP contribution < -0.4 is 10.6 Å². The van der Waals surface area contributed by atoms with E-state index in [4.69, 9.17) is 14.5 Å². The van der Waals surface area contributed by atoms with Gasteiger partial charge in [0.1, 0.15) is 0 Å². The molecule has 6 nitrogen and oxygen atoms in total. The second-order valence-corrected chi connectivity index (χ2v) is 6.61. The van der Waals surface area contributed by atoms with Gasteiger partial charge in [-0.05, 0) is 58.7 Å². The smallest absolute Gasteiger partial charge is 0.191 e. The zero-order valence-corrected chi connectivity index (χ0v) is 16.5. The van der Waals surface area contributed by atoms with Gasteiger partial charge in [0, 0.05) is 33.4 Å². The second-order valence-electron chi connectivity index (χ2n) is 6.61. The van der Waals surface area contributed by atoms with E-state index >= 15 is 0 Å². The molecular weight excluding hydrogens is 316 g/mol. The lowest BCUT2D eigenvalue weighted by Crippen LogP contribution is -2.38. The highest BCUT2D eigenvalue weighted by molar-refractivity contribution is 5.79. The maximum atomic E-state index is 5.47. The number of likely N-dealkylation sites (tertiary alicyclic amines) is 1. The number of guanidine groups is 1. The molecule has 1 aliphatic heterocycles. The summed E-state index contributed by atoms with van der Waals surface area (Å²) in [5.74, 6) is 0.943. The topological polar surface area (TPSA) is 58.1 Å². The lowest BCUT2D eigenvalue weighted by atomic mass is 10.2. The minimum atomic E-state index is 0.674. The molecule has 1 rings (SSSR count). The molecule has 0 bridgehead atoms. The Morgan fingerprint density at radius 2 is 1.76 bits per heavy atom. The van der Waals surface area contributed by atoms with Crippen LogP contribution in [0.5, 0.6) is 0 Å². The van der Waals surface area contributed by atoms with Crippen LogP contribution in [0.4, 0.5) is 0 Å². The van der Waals surface area contributed by atoms with Gasteiger partial charge in [-0.1, -0.05) is 12.8 Å². The third-order valence-corrected chi connectivity index (χ3v) is 4.38. The number of nitrogens with zero attached hydrogens (tertiary/aromatic N) is 2. The lowest BCUT2D eigenvalue weighted by Gasteiger charge is -2.19. The van der Waals surface area contributed by atoms with Gasteiger partial charge >= 0.3 is 0 Å². The van der Waals surface area contributed by atoms with Crippen molar-refractivity contribution < 1.29 is 9.47 Å². The summed E-state index contributed by atoms with van der Waals surface area (Å²) in [5.41, 5.74) is 0. The number of aliphatic imine (C=N–C) groups is 1. The Labute approximate surface area is 154 Å². The number of rotatable bonds is 13. The third kappa shape index (κ3) is 13.1. The van der Waals surface area contributed by atoms with Gasteiger partial charge in [-0.2, -0.15) is 0 Å². The van der Waals surface area contributed by atoms with Gasteiger partial charge in [-0.25, -0.2) is 0 Å². The monoisotopic (exact) mass is 356 g/mol. The average Bonchev–Trinajstić information content (AvgIpc) is 2.89. The summed E-state index contributed by atoms with van der Waals surface area (Å²) >= 11 is 0. The second kappa shape index (κ2) is 16.6. The van der Waals surface area contributed by atoms with Crippen molar-refractivity contribution in [3.05, 3.63) is 0 Å². The van der Waals surface area contributed by atoms with Crippen molar-refractivity contribution in [3.63, 3.8) is 0 Å². The zero-order valence-electron chi connectivity index (χ0n) is 16.5. The quantitative estimate of drug-likeness (QED) is 0.301. The SMILES string of the molecule is CCNC(=NCCCN1CCCCCC1)NCCCCOCCOC. The van der Waals surface area contributed by atoms with Gasteiger partial charge in [-0.3, -0.25) is 4.99 Å². The van der Waals surface area contributed by atoms with Crippen LogP contribution in [0.2, 0.25) is 0 Å². The van der Waals surface area contributed by atoms with Gasteiger partial charge in [-0.15, -0.1) is 0 Å². The first kappa shape index (κ1) is 22.2. The summed E-state index contributed by atoms with van der Waals surface area (Å²) in [5, 5.41) is 6.74. The molecular formula is C19H40N4O2. The molecule has 0 atom stereocenters. The predicted octanol–water partition coefficient (Wildman–Crippen LogP) is 2.25. The van der Waals surface area contributed by atoms with Gasteiger partial charge < -0.3 is 25.0 Å². The van der Waals surface area contributed by atoms with Gasteiger partial charge in [0.2, 0.25) is 0 Å². The number of ether oxygens (including phenoxy) is 2. The molecule has 1 aliphatic rings. The first-order valence-electron chi connectivity index (χ1n) is 10.2. The maximum Gasteiger partial charge on any atom is 0.191 e. The molecule has 6 heteroatoms. The fourth-order valence-corrected chi connectivity index (χ4v) is 2.97.